The summed E-state index contributed by atoms with van der Waals surface area (Å²) in [5, 5.41) is 3.29. The maximum absolute atomic E-state index is 6.01. The second-order valence-corrected chi connectivity index (χ2v) is 6.62. The van der Waals surface area contributed by atoms with E-state index in [-0.39, 0.29) is 11.5 Å². The Kier molecular flexibility index (Phi) is 4.64. The molecule has 1 aromatic rings. The van der Waals surface area contributed by atoms with Crippen LogP contribution in [-0.2, 0) is 10.2 Å². The first-order valence-corrected chi connectivity index (χ1v) is 7.39. The summed E-state index contributed by atoms with van der Waals surface area (Å²) >= 11 is 0. The van der Waals surface area contributed by atoms with Crippen molar-refractivity contribution < 1.29 is 4.74 Å². The summed E-state index contributed by atoms with van der Waals surface area (Å²) in [6.45, 7) is 8.69. The average Bonchev–Trinajstić information content (AvgIpc) is 2.39. The Bertz CT molecular complexity index is 389. The molecule has 1 saturated heterocycles. The van der Waals surface area contributed by atoms with Gasteiger partial charge in [-0.3, -0.25) is 0 Å². The topological polar surface area (TPSA) is 21.3 Å². The Morgan fingerprint density at radius 2 is 1.89 bits per heavy atom. The van der Waals surface area contributed by atoms with Crippen molar-refractivity contribution >= 4 is 0 Å². The van der Waals surface area contributed by atoms with Gasteiger partial charge in [-0.15, -0.1) is 0 Å². The van der Waals surface area contributed by atoms with Crippen LogP contribution in [0.1, 0.15) is 50.8 Å². The van der Waals surface area contributed by atoms with Crippen LogP contribution in [0, 0.1) is 5.92 Å². The zero-order valence-electron chi connectivity index (χ0n) is 12.7. The summed E-state index contributed by atoms with van der Waals surface area (Å²) in [7, 11) is 2.02. The second kappa shape index (κ2) is 6.06. The lowest BCUT2D eigenvalue weighted by Gasteiger charge is -2.32. The van der Waals surface area contributed by atoms with Crippen LogP contribution >= 0.6 is 0 Å². The Balaban J connectivity index is 2.15. The summed E-state index contributed by atoms with van der Waals surface area (Å²) in [5.74, 6) is 0.597. The molecular formula is C17H27NO. The third-order valence-corrected chi connectivity index (χ3v) is 4.02. The lowest BCUT2D eigenvalue weighted by Crippen LogP contribution is -2.30. The van der Waals surface area contributed by atoms with Crippen LogP contribution in [0.5, 0.6) is 0 Å². The highest BCUT2D eigenvalue weighted by atomic mass is 16.5. The highest BCUT2D eigenvalue weighted by molar-refractivity contribution is 5.29. The molecule has 2 nitrogen and oxygen atoms in total. The van der Waals surface area contributed by atoms with E-state index in [1.807, 2.05) is 7.05 Å². The van der Waals surface area contributed by atoms with E-state index in [0.717, 1.165) is 13.2 Å². The lowest BCUT2D eigenvalue weighted by molar-refractivity contribution is -0.0272. The van der Waals surface area contributed by atoms with Gasteiger partial charge in [0.05, 0.1) is 6.10 Å². The Morgan fingerprint density at radius 3 is 2.47 bits per heavy atom. The summed E-state index contributed by atoms with van der Waals surface area (Å²) in [6.07, 6.45) is 2.70. The second-order valence-electron chi connectivity index (χ2n) is 6.62. The number of rotatable bonds is 3. The highest BCUT2D eigenvalue weighted by Crippen LogP contribution is 2.34. The molecule has 19 heavy (non-hydrogen) atoms. The molecule has 106 valence electrons. The third-order valence-electron chi connectivity index (χ3n) is 4.02. The molecule has 2 rings (SSSR count). The molecule has 2 atom stereocenters. The van der Waals surface area contributed by atoms with E-state index in [1.165, 1.54) is 24.0 Å². The smallest absolute Gasteiger partial charge is 0.0865 e. The summed E-state index contributed by atoms with van der Waals surface area (Å²) in [6, 6.07) is 9.01. The predicted molar refractivity (Wildman–Crippen MR) is 80.5 cm³/mol. The fourth-order valence-electron chi connectivity index (χ4n) is 2.86. The van der Waals surface area contributed by atoms with Crippen LogP contribution in [0.3, 0.4) is 0 Å². The highest BCUT2D eigenvalue weighted by Gasteiger charge is 2.27. The van der Waals surface area contributed by atoms with Crippen molar-refractivity contribution in [3.05, 3.63) is 35.4 Å². The molecule has 1 aliphatic rings. The van der Waals surface area contributed by atoms with Gasteiger partial charge in [0, 0.05) is 19.1 Å². The van der Waals surface area contributed by atoms with Gasteiger partial charge < -0.3 is 10.1 Å². The first-order valence-electron chi connectivity index (χ1n) is 7.39. The average molecular weight is 261 g/mol. The van der Waals surface area contributed by atoms with Crippen molar-refractivity contribution in [3.8, 4) is 0 Å². The quantitative estimate of drug-likeness (QED) is 0.896. The zero-order valence-corrected chi connectivity index (χ0v) is 12.7. The van der Waals surface area contributed by atoms with Crippen molar-refractivity contribution in [3.63, 3.8) is 0 Å². The molecule has 0 aromatic heterocycles. The van der Waals surface area contributed by atoms with E-state index in [0.29, 0.717) is 5.92 Å². The molecule has 1 N–H and O–H groups in total. The fourth-order valence-corrected chi connectivity index (χ4v) is 2.86. The van der Waals surface area contributed by atoms with Crippen LogP contribution in [0.4, 0.5) is 0 Å². The number of benzene rings is 1. The Labute approximate surface area is 117 Å². The van der Waals surface area contributed by atoms with Gasteiger partial charge in [-0.25, -0.2) is 0 Å². The Morgan fingerprint density at radius 1 is 1.21 bits per heavy atom. The number of hydrogen-bond acceptors (Lipinski definition) is 2. The first-order chi connectivity index (χ1) is 9.02. The summed E-state index contributed by atoms with van der Waals surface area (Å²) in [5.41, 5.74) is 2.93. The number of nitrogens with one attached hydrogen (secondary N) is 1. The molecule has 0 radical (unpaired) electrons. The van der Waals surface area contributed by atoms with E-state index >= 15 is 0 Å². The van der Waals surface area contributed by atoms with Crippen molar-refractivity contribution in [1.82, 2.24) is 5.32 Å². The summed E-state index contributed by atoms with van der Waals surface area (Å²) < 4.78 is 6.01. The zero-order chi connectivity index (χ0) is 13.9. The van der Waals surface area contributed by atoms with E-state index in [1.54, 1.807) is 0 Å². The van der Waals surface area contributed by atoms with Crippen molar-refractivity contribution in [1.29, 1.82) is 0 Å². The molecule has 2 heteroatoms. The van der Waals surface area contributed by atoms with Crippen LogP contribution in [0.2, 0.25) is 0 Å². The normalized spacial score (nSPS) is 24.4. The van der Waals surface area contributed by atoms with Gasteiger partial charge in [0.25, 0.3) is 0 Å². The van der Waals surface area contributed by atoms with Crippen molar-refractivity contribution in [2.75, 3.05) is 20.2 Å². The predicted octanol–water partition coefficient (Wildman–Crippen LogP) is 3.67. The van der Waals surface area contributed by atoms with Crippen LogP contribution in [0.25, 0.3) is 0 Å². The molecule has 1 fully saturated rings. The Hall–Kier alpha value is -0.860. The lowest BCUT2D eigenvalue weighted by atomic mass is 9.84. The minimum Gasteiger partial charge on any atom is -0.373 e. The van der Waals surface area contributed by atoms with Gasteiger partial charge in [0.1, 0.15) is 0 Å². The van der Waals surface area contributed by atoms with Crippen LogP contribution in [-0.4, -0.2) is 20.2 Å². The third kappa shape index (κ3) is 3.58. The fraction of sp³-hybridized carbons (Fsp3) is 0.647. The monoisotopic (exact) mass is 261 g/mol. The van der Waals surface area contributed by atoms with E-state index < -0.39 is 0 Å². The van der Waals surface area contributed by atoms with Crippen LogP contribution in [0.15, 0.2) is 24.3 Å². The largest absolute Gasteiger partial charge is 0.373 e. The standard InChI is InChI=1S/C17H27NO/c1-17(2,3)15-9-7-13(8-10-15)16-14(12-18-4)6-5-11-19-16/h7-10,14,16,18H,5-6,11-12H2,1-4H3. The van der Waals surface area contributed by atoms with Crippen molar-refractivity contribution in [2.24, 2.45) is 5.92 Å². The maximum Gasteiger partial charge on any atom is 0.0865 e. The molecule has 2 unspecified atom stereocenters. The molecule has 1 heterocycles. The van der Waals surface area contributed by atoms with Crippen LogP contribution < -0.4 is 5.32 Å². The minimum absolute atomic E-state index is 0.219. The van der Waals surface area contributed by atoms with Gasteiger partial charge in [0.2, 0.25) is 0 Å². The van der Waals surface area contributed by atoms with Gasteiger partial charge in [-0.2, -0.15) is 0 Å². The van der Waals surface area contributed by atoms with E-state index in [4.69, 9.17) is 4.74 Å². The number of ether oxygens (including phenoxy) is 1. The summed E-state index contributed by atoms with van der Waals surface area (Å²) in [4.78, 5) is 0. The van der Waals surface area contributed by atoms with Gasteiger partial charge in [0.15, 0.2) is 0 Å². The molecule has 0 saturated carbocycles. The maximum atomic E-state index is 6.01. The minimum atomic E-state index is 0.219. The molecule has 0 spiro atoms. The molecule has 0 aliphatic carbocycles. The number of hydrogen-bond donors (Lipinski definition) is 1. The van der Waals surface area contributed by atoms with E-state index in [2.05, 4.69) is 50.4 Å². The molecule has 1 aromatic carbocycles. The van der Waals surface area contributed by atoms with Gasteiger partial charge in [-0.05, 0) is 36.4 Å². The molecular weight excluding hydrogens is 234 g/mol. The van der Waals surface area contributed by atoms with Gasteiger partial charge in [-0.1, -0.05) is 45.0 Å². The van der Waals surface area contributed by atoms with Gasteiger partial charge >= 0.3 is 0 Å². The molecule has 0 bridgehead atoms. The van der Waals surface area contributed by atoms with E-state index in [9.17, 15) is 0 Å². The SMILES string of the molecule is CNCC1CCCOC1c1ccc(C(C)(C)C)cc1. The molecule has 1 aliphatic heterocycles. The first kappa shape index (κ1) is 14.5. The molecule has 0 amide bonds. The van der Waals surface area contributed by atoms with Crippen molar-refractivity contribution in [2.45, 2.75) is 45.1 Å².